The van der Waals surface area contributed by atoms with Gasteiger partial charge in [0.1, 0.15) is 79.5 Å². The fourth-order valence-electron chi connectivity index (χ4n) is 18.4. The van der Waals surface area contributed by atoms with Crippen molar-refractivity contribution >= 4 is 61.1 Å². The second-order valence-corrected chi connectivity index (χ2v) is 37.0. The van der Waals surface area contributed by atoms with Crippen molar-refractivity contribution in [3.8, 4) is 5.75 Å². The van der Waals surface area contributed by atoms with E-state index in [4.69, 9.17) is 9.47 Å². The number of benzene rings is 1. The first-order valence-corrected chi connectivity index (χ1v) is 44.0. The van der Waals surface area contributed by atoms with Gasteiger partial charge < -0.3 is 48.1 Å². The highest BCUT2D eigenvalue weighted by molar-refractivity contribution is 5.78. The van der Waals surface area contributed by atoms with Gasteiger partial charge in [0.15, 0.2) is 11.3 Å². The SMILES string of the molecule is CC(Cc1nc2c(ccn2C2CCC(F)(F)CC2)c(=O)[nH]1)C(F)(F)F.CC1(C)CC(Cc2nc3c(ccn3C3CCC(F)(F)CC3)c(=O)[nH]2)C(=O)O1.CCC(Cc1nc2c(cnn2C2CCC(C)(F)CC2)c(=O)[nH]1)C(F)(F)F.COc1ccc(Cc2nc3c(cnn3C3CCC(C)(F)CC3)c(=O)[nH]2)cc1.O=c1[nH]c(CC2CCC2)nc2c1ccn2C1CCC(F)(F)CC1. The Hall–Kier alpha value is -10.5. The first-order chi connectivity index (χ1) is 60.3. The van der Waals surface area contributed by atoms with Crippen LogP contribution in [0.1, 0.15) is 267 Å². The van der Waals surface area contributed by atoms with E-state index in [0.717, 1.165) is 30.5 Å². The molecule has 11 aromatic rings. The van der Waals surface area contributed by atoms with Crippen LogP contribution in [0.3, 0.4) is 0 Å². The van der Waals surface area contributed by atoms with Gasteiger partial charge in [-0.05, 0) is 166 Å². The zero-order valence-corrected chi connectivity index (χ0v) is 72.3. The number of fused-ring (bicyclic) bond motifs is 5. The van der Waals surface area contributed by atoms with Crippen LogP contribution < -0.4 is 32.5 Å². The minimum Gasteiger partial charge on any atom is -0.497 e. The van der Waals surface area contributed by atoms with E-state index in [9.17, 15) is 90.2 Å². The normalized spacial score (nSPS) is 23.2. The molecule has 0 spiro atoms. The number of hydrogen-bond donors (Lipinski definition) is 5. The van der Waals surface area contributed by atoms with Crippen LogP contribution in [-0.2, 0) is 41.6 Å². The van der Waals surface area contributed by atoms with E-state index in [1.807, 2.05) is 53.4 Å². The lowest BCUT2D eigenvalue weighted by Crippen LogP contribution is -2.28. The fourth-order valence-corrected chi connectivity index (χ4v) is 18.4. The molecule has 694 valence electrons. The minimum atomic E-state index is -4.38. The molecule has 11 heterocycles. The number of carbonyl (C=O) groups excluding carboxylic acids is 1. The number of rotatable bonds is 17. The average molecular weight is 1810 g/mol. The number of halogens is 14. The summed E-state index contributed by atoms with van der Waals surface area (Å²) in [5.41, 5.74) is -1.17. The Morgan fingerprint density at radius 1 is 0.445 bits per heavy atom. The van der Waals surface area contributed by atoms with Gasteiger partial charge in [-0.15, -0.1) is 0 Å². The van der Waals surface area contributed by atoms with Gasteiger partial charge in [-0.1, -0.05) is 45.2 Å². The summed E-state index contributed by atoms with van der Waals surface area (Å²) in [4.78, 5) is 109. The van der Waals surface area contributed by atoms with Crippen molar-refractivity contribution in [2.75, 3.05) is 7.11 Å². The molecule has 10 aromatic heterocycles. The predicted octanol–water partition coefficient (Wildman–Crippen LogP) is 19.0. The van der Waals surface area contributed by atoms with Crippen molar-refractivity contribution < 1.29 is 75.7 Å². The second kappa shape index (κ2) is 37.1. The number of H-pyrrole nitrogens is 5. The highest BCUT2D eigenvalue weighted by Crippen LogP contribution is 2.45. The lowest BCUT2D eigenvalue weighted by molar-refractivity contribution is -0.175. The molecule has 0 amide bonds. The highest BCUT2D eigenvalue weighted by atomic mass is 19.4. The van der Waals surface area contributed by atoms with Crippen LogP contribution in [0.2, 0.25) is 0 Å². The molecule has 1 aliphatic heterocycles. The van der Waals surface area contributed by atoms with Gasteiger partial charge in [0.2, 0.25) is 17.8 Å². The Kier molecular flexibility index (Phi) is 27.2. The Morgan fingerprint density at radius 2 is 0.805 bits per heavy atom. The first kappa shape index (κ1) is 93.6. The molecular weight excluding hydrogens is 1700 g/mol. The summed E-state index contributed by atoms with van der Waals surface area (Å²) in [6.07, 6.45) is 9.55. The summed E-state index contributed by atoms with van der Waals surface area (Å²) in [6, 6.07) is 12.2. The van der Waals surface area contributed by atoms with Crippen LogP contribution in [-0.4, -0.2) is 143 Å². The molecule has 39 heteroatoms. The number of nitrogens with zero attached hydrogens (tertiary/aromatic N) is 12. The smallest absolute Gasteiger partial charge is 0.392 e. The van der Waals surface area contributed by atoms with Gasteiger partial charge in [0.25, 0.3) is 27.8 Å². The summed E-state index contributed by atoms with van der Waals surface area (Å²) in [6.45, 7) is 9.40. The van der Waals surface area contributed by atoms with Crippen LogP contribution in [0.15, 0.2) is 97.4 Å². The molecule has 7 aliphatic rings. The van der Waals surface area contributed by atoms with Crippen LogP contribution >= 0.6 is 0 Å². The van der Waals surface area contributed by atoms with E-state index < -0.39 is 76.4 Å². The summed E-state index contributed by atoms with van der Waals surface area (Å²) in [5, 5.41) is 10.6. The van der Waals surface area contributed by atoms with Crippen molar-refractivity contribution in [1.82, 2.24) is 83.1 Å². The molecule has 0 radical (unpaired) electrons. The van der Waals surface area contributed by atoms with E-state index in [1.165, 1.54) is 38.4 Å². The number of methoxy groups -OCH3 is 1. The maximum atomic E-state index is 14.1. The Balaban J connectivity index is 0.000000130. The van der Waals surface area contributed by atoms with Gasteiger partial charge >= 0.3 is 18.3 Å². The maximum absolute atomic E-state index is 14.1. The average Bonchev–Trinajstić information content (AvgIpc) is 1.65. The van der Waals surface area contributed by atoms with Gasteiger partial charge in [0.05, 0.1) is 65.5 Å². The lowest BCUT2D eigenvalue weighted by Gasteiger charge is -2.31. The molecule has 1 aromatic carbocycles. The molecular formula is C89H107F14N17O8. The first-order valence-electron chi connectivity index (χ1n) is 44.0. The summed E-state index contributed by atoms with van der Waals surface area (Å²) in [7, 11) is 1.62. The third-order valence-corrected chi connectivity index (χ3v) is 26.4. The van der Waals surface area contributed by atoms with Crippen LogP contribution in [0.5, 0.6) is 5.75 Å². The van der Waals surface area contributed by atoms with Crippen LogP contribution in [0.4, 0.5) is 61.5 Å². The van der Waals surface area contributed by atoms with Gasteiger partial charge in [-0.3, -0.25) is 28.8 Å². The molecule has 3 unspecified atom stereocenters. The Morgan fingerprint density at radius 3 is 1.17 bits per heavy atom. The number of alkyl halides is 14. The lowest BCUT2D eigenvalue weighted by atomic mass is 9.83. The van der Waals surface area contributed by atoms with Crippen molar-refractivity contribution in [2.24, 2.45) is 23.7 Å². The molecule has 5 N–H and O–H groups in total. The monoisotopic (exact) mass is 1810 g/mol. The molecule has 128 heavy (non-hydrogen) atoms. The number of aromatic amines is 5. The fraction of sp³-hybridized carbons (Fsp3) is 0.607. The van der Waals surface area contributed by atoms with E-state index in [-0.39, 0.29) is 157 Å². The molecule has 6 aliphatic carbocycles. The maximum Gasteiger partial charge on any atom is 0.392 e. The number of hydrogen-bond acceptors (Lipinski definition) is 15. The third-order valence-electron chi connectivity index (χ3n) is 26.4. The summed E-state index contributed by atoms with van der Waals surface area (Å²) in [5.74, 6) is -8.59. The van der Waals surface area contributed by atoms with Crippen molar-refractivity contribution in [3.63, 3.8) is 0 Å². The number of aromatic nitrogens is 17. The van der Waals surface area contributed by atoms with Crippen LogP contribution in [0, 0.1) is 23.7 Å². The standard InChI is InChI=1S/C20H23FN4O2.C19H23F2N3O3.C17H22F4N4O.C17H21F2N3O.C16H18F5N3O/c1-20(21)9-7-14(8-10-20)25-18-16(12-22-25)19(26)24-17(23-18)11-13-3-5-15(27-2)6-4-13;1-18(2)10-11(17(26)27-18)9-14-22-15-13(16(25)23-14)5-8-24(15)12-3-6-19(20,21)7-4-12;1-3-10(17(19,20)21)8-13-23-14-12(15(26)24-13)9-22-25(14)11-4-6-16(2,18)7-5-11;18-17(19)7-4-12(5-8-17)22-9-6-13-15(22)20-14(21-16(13)23)10-11-2-1-3-11;1-9(16(19,20)21)8-12-22-13-11(14(25)23-12)4-7-24(13)10-2-5-15(17,18)6-3-10/h3-6,12,14H,7-11H2,1-2H3,(H,23,24,26);5,8,11-12H,3-4,6-7,9-10H2,1-2H3,(H,22,23,25);9-11H,3-8H2,1-2H3,(H,23,24,26);6,9,11-12H,1-5,7-8,10H2,(H,20,21,23);4,7,9-10H,2-3,5-6,8H2,1H3,(H,22,23,25). The zero-order chi connectivity index (χ0) is 92.0. The summed E-state index contributed by atoms with van der Waals surface area (Å²) < 4.78 is 205. The van der Waals surface area contributed by atoms with Crippen molar-refractivity contribution in [3.05, 3.63) is 160 Å². The van der Waals surface area contributed by atoms with Gasteiger partial charge in [0, 0.05) is 114 Å². The number of cyclic esters (lactones) is 1. The number of nitrogens with one attached hydrogen (secondary N) is 5. The second-order valence-electron chi connectivity index (χ2n) is 37.0. The molecule has 3 atom stereocenters. The molecule has 25 nitrogen and oxygen atoms in total. The number of ether oxygens (including phenoxy) is 2. The molecule has 0 bridgehead atoms. The Labute approximate surface area is 724 Å². The quantitative estimate of drug-likeness (QED) is 0.0418. The topological polar surface area (TPSA) is 315 Å². The number of carbonyl (C=O) groups is 1. The summed E-state index contributed by atoms with van der Waals surface area (Å²) >= 11 is 0. The largest absolute Gasteiger partial charge is 0.497 e. The van der Waals surface area contributed by atoms with Gasteiger partial charge in [-0.2, -0.15) is 36.5 Å². The van der Waals surface area contributed by atoms with Crippen molar-refractivity contribution in [2.45, 2.75) is 311 Å². The predicted molar refractivity (Wildman–Crippen MR) is 450 cm³/mol. The van der Waals surface area contributed by atoms with Crippen LogP contribution in [0.25, 0.3) is 55.2 Å². The van der Waals surface area contributed by atoms with Gasteiger partial charge in [-0.25, -0.2) is 69.4 Å². The van der Waals surface area contributed by atoms with Crippen molar-refractivity contribution in [1.29, 1.82) is 0 Å². The molecule has 6 saturated carbocycles. The van der Waals surface area contributed by atoms with E-state index >= 15 is 0 Å². The molecule has 1 saturated heterocycles. The molecule has 18 rings (SSSR count). The third kappa shape index (κ3) is 22.3. The van der Waals surface area contributed by atoms with E-state index in [1.54, 1.807) is 65.6 Å². The Bertz CT molecular complexity index is 6040. The van der Waals surface area contributed by atoms with E-state index in [0.29, 0.717) is 147 Å². The number of esters is 1. The minimum absolute atomic E-state index is 0.000403. The highest BCUT2D eigenvalue weighted by Gasteiger charge is 2.45. The molecule has 7 fully saturated rings. The zero-order valence-electron chi connectivity index (χ0n) is 72.3. The van der Waals surface area contributed by atoms with E-state index in [2.05, 4.69) is 60.0 Å².